The first-order chi connectivity index (χ1) is 7.56. The smallest absolute Gasteiger partial charge is 0.0499 e. The number of nitrogens with zero attached hydrogens (tertiary/aromatic N) is 1. The van der Waals surface area contributed by atoms with Gasteiger partial charge in [-0.05, 0) is 31.6 Å². The van der Waals surface area contributed by atoms with Gasteiger partial charge in [-0.25, -0.2) is 0 Å². The number of hydrogen-bond donors (Lipinski definition) is 1. The standard InChI is InChI=1S/C14H29NO/c1-5-14(6-2,11-16)10-15(9-12(3)4)13-7-8-13/h12-13,16H,5-11H2,1-4H3. The minimum absolute atomic E-state index is 0.136. The number of aliphatic hydroxyl groups is 1. The molecule has 0 aromatic heterocycles. The van der Waals surface area contributed by atoms with Crippen LogP contribution in [-0.4, -0.2) is 35.7 Å². The second-order valence-electron chi connectivity index (χ2n) is 5.92. The molecule has 0 bridgehead atoms. The van der Waals surface area contributed by atoms with Gasteiger partial charge in [0.15, 0.2) is 0 Å². The van der Waals surface area contributed by atoms with Crippen molar-refractivity contribution in [1.29, 1.82) is 0 Å². The molecule has 0 radical (unpaired) electrons. The Balaban J connectivity index is 2.57. The van der Waals surface area contributed by atoms with Crippen molar-refractivity contribution in [2.75, 3.05) is 19.7 Å². The van der Waals surface area contributed by atoms with E-state index in [2.05, 4.69) is 32.6 Å². The third-order valence-corrected chi connectivity index (χ3v) is 4.04. The molecule has 0 spiro atoms. The van der Waals surface area contributed by atoms with E-state index in [1.807, 2.05) is 0 Å². The largest absolute Gasteiger partial charge is 0.396 e. The van der Waals surface area contributed by atoms with Gasteiger partial charge in [-0.15, -0.1) is 0 Å². The molecule has 0 aliphatic heterocycles. The molecule has 1 rings (SSSR count). The molecule has 0 unspecified atom stereocenters. The molecule has 1 aliphatic carbocycles. The van der Waals surface area contributed by atoms with Crippen LogP contribution in [0, 0.1) is 11.3 Å². The molecule has 0 heterocycles. The van der Waals surface area contributed by atoms with Crippen molar-refractivity contribution in [2.45, 2.75) is 59.4 Å². The van der Waals surface area contributed by atoms with Gasteiger partial charge in [-0.2, -0.15) is 0 Å². The van der Waals surface area contributed by atoms with E-state index in [0.717, 1.165) is 31.3 Å². The lowest BCUT2D eigenvalue weighted by atomic mass is 9.82. The van der Waals surface area contributed by atoms with Crippen LogP contribution in [0.1, 0.15) is 53.4 Å². The molecule has 0 saturated heterocycles. The van der Waals surface area contributed by atoms with E-state index < -0.39 is 0 Å². The fraction of sp³-hybridized carbons (Fsp3) is 1.00. The van der Waals surface area contributed by atoms with E-state index in [1.165, 1.54) is 19.4 Å². The predicted molar refractivity (Wildman–Crippen MR) is 69.5 cm³/mol. The van der Waals surface area contributed by atoms with Crippen LogP contribution in [0.15, 0.2) is 0 Å². The van der Waals surface area contributed by atoms with Crippen molar-refractivity contribution in [3.8, 4) is 0 Å². The van der Waals surface area contributed by atoms with E-state index in [1.54, 1.807) is 0 Å². The van der Waals surface area contributed by atoms with Crippen molar-refractivity contribution in [1.82, 2.24) is 4.90 Å². The van der Waals surface area contributed by atoms with Gasteiger partial charge in [-0.3, -0.25) is 4.90 Å². The van der Waals surface area contributed by atoms with Gasteiger partial charge in [0.2, 0.25) is 0 Å². The Labute approximate surface area is 101 Å². The first kappa shape index (κ1) is 14.0. The van der Waals surface area contributed by atoms with Crippen molar-refractivity contribution in [3.63, 3.8) is 0 Å². The lowest BCUT2D eigenvalue weighted by Crippen LogP contribution is -2.42. The predicted octanol–water partition coefficient (Wildman–Crippen LogP) is 2.91. The van der Waals surface area contributed by atoms with Crippen LogP contribution in [0.2, 0.25) is 0 Å². The molecule has 2 heteroatoms. The SMILES string of the molecule is CCC(CC)(CO)CN(CC(C)C)C1CC1. The van der Waals surface area contributed by atoms with Gasteiger partial charge in [0.05, 0.1) is 0 Å². The molecule has 1 saturated carbocycles. The summed E-state index contributed by atoms with van der Waals surface area (Å²) < 4.78 is 0. The number of hydrogen-bond acceptors (Lipinski definition) is 2. The Hall–Kier alpha value is -0.0800. The number of rotatable bonds is 8. The maximum Gasteiger partial charge on any atom is 0.0499 e. The highest BCUT2D eigenvalue weighted by Gasteiger charge is 2.35. The lowest BCUT2D eigenvalue weighted by Gasteiger charge is -2.36. The molecule has 0 aromatic carbocycles. The fourth-order valence-corrected chi connectivity index (χ4v) is 2.43. The molecule has 1 N–H and O–H groups in total. The van der Waals surface area contributed by atoms with Crippen LogP contribution in [0.4, 0.5) is 0 Å². The molecule has 0 amide bonds. The highest BCUT2D eigenvalue weighted by molar-refractivity contribution is 4.89. The van der Waals surface area contributed by atoms with Crippen LogP contribution >= 0.6 is 0 Å². The second-order valence-corrected chi connectivity index (χ2v) is 5.92. The Bertz CT molecular complexity index is 187. The summed E-state index contributed by atoms with van der Waals surface area (Å²) in [6.45, 7) is 11.6. The van der Waals surface area contributed by atoms with E-state index in [4.69, 9.17) is 0 Å². The van der Waals surface area contributed by atoms with Crippen molar-refractivity contribution in [2.24, 2.45) is 11.3 Å². The minimum atomic E-state index is 0.136. The van der Waals surface area contributed by atoms with Crippen LogP contribution in [-0.2, 0) is 0 Å². The molecule has 1 aliphatic rings. The summed E-state index contributed by atoms with van der Waals surface area (Å²) in [5.41, 5.74) is 0.136. The summed E-state index contributed by atoms with van der Waals surface area (Å²) in [5.74, 6) is 0.728. The van der Waals surface area contributed by atoms with Crippen molar-refractivity contribution >= 4 is 0 Å². The molecule has 16 heavy (non-hydrogen) atoms. The molecule has 2 nitrogen and oxygen atoms in total. The molecular formula is C14H29NO. The third-order valence-electron chi connectivity index (χ3n) is 4.04. The van der Waals surface area contributed by atoms with E-state index in [-0.39, 0.29) is 5.41 Å². The van der Waals surface area contributed by atoms with Gasteiger partial charge >= 0.3 is 0 Å². The zero-order chi connectivity index (χ0) is 12.2. The summed E-state index contributed by atoms with van der Waals surface area (Å²) in [7, 11) is 0. The fourth-order valence-electron chi connectivity index (χ4n) is 2.43. The zero-order valence-electron chi connectivity index (χ0n) is 11.5. The quantitative estimate of drug-likeness (QED) is 0.689. The second kappa shape index (κ2) is 6.02. The molecule has 96 valence electrons. The van der Waals surface area contributed by atoms with Gasteiger partial charge in [0.25, 0.3) is 0 Å². The Morgan fingerprint density at radius 2 is 1.81 bits per heavy atom. The maximum absolute atomic E-state index is 9.64. The Morgan fingerprint density at radius 3 is 2.12 bits per heavy atom. The monoisotopic (exact) mass is 227 g/mol. The lowest BCUT2D eigenvalue weighted by molar-refractivity contribution is 0.0574. The van der Waals surface area contributed by atoms with Crippen LogP contribution < -0.4 is 0 Å². The highest BCUT2D eigenvalue weighted by atomic mass is 16.3. The summed E-state index contributed by atoms with van der Waals surface area (Å²) in [6, 6.07) is 0.812. The van der Waals surface area contributed by atoms with Crippen LogP contribution in [0.5, 0.6) is 0 Å². The normalized spacial score (nSPS) is 17.4. The van der Waals surface area contributed by atoms with E-state index >= 15 is 0 Å². The highest BCUT2D eigenvalue weighted by Crippen LogP contribution is 2.34. The minimum Gasteiger partial charge on any atom is -0.396 e. The summed E-state index contributed by atoms with van der Waals surface area (Å²) in [6.07, 6.45) is 4.89. The molecule has 0 aromatic rings. The summed E-state index contributed by atoms with van der Waals surface area (Å²) in [4.78, 5) is 2.62. The molecule has 0 atom stereocenters. The van der Waals surface area contributed by atoms with E-state index in [9.17, 15) is 5.11 Å². The topological polar surface area (TPSA) is 23.5 Å². The Kier molecular flexibility index (Phi) is 5.26. The van der Waals surface area contributed by atoms with Gasteiger partial charge < -0.3 is 5.11 Å². The molecule has 1 fully saturated rings. The maximum atomic E-state index is 9.64. The Morgan fingerprint density at radius 1 is 1.25 bits per heavy atom. The van der Waals surface area contributed by atoms with Gasteiger partial charge in [-0.1, -0.05) is 27.7 Å². The summed E-state index contributed by atoms with van der Waals surface area (Å²) >= 11 is 0. The van der Waals surface area contributed by atoms with Gasteiger partial charge in [0.1, 0.15) is 0 Å². The first-order valence-electron chi connectivity index (χ1n) is 6.91. The van der Waals surface area contributed by atoms with E-state index in [0.29, 0.717) is 6.61 Å². The first-order valence-corrected chi connectivity index (χ1v) is 6.91. The third kappa shape index (κ3) is 3.74. The van der Waals surface area contributed by atoms with Gasteiger partial charge in [0, 0.05) is 31.2 Å². The van der Waals surface area contributed by atoms with Crippen LogP contribution in [0.25, 0.3) is 0 Å². The van der Waals surface area contributed by atoms with Crippen molar-refractivity contribution < 1.29 is 5.11 Å². The number of aliphatic hydroxyl groups excluding tert-OH is 1. The zero-order valence-corrected chi connectivity index (χ0v) is 11.5. The van der Waals surface area contributed by atoms with Crippen LogP contribution in [0.3, 0.4) is 0 Å². The average molecular weight is 227 g/mol. The summed E-state index contributed by atoms with van der Waals surface area (Å²) in [5, 5.41) is 9.64. The molecular weight excluding hydrogens is 198 g/mol. The average Bonchev–Trinajstić information content (AvgIpc) is 3.08. The van der Waals surface area contributed by atoms with Crippen molar-refractivity contribution in [3.05, 3.63) is 0 Å².